The largest absolute Gasteiger partial charge is 0.454 e. The lowest BCUT2D eigenvalue weighted by Crippen LogP contribution is -2.12. The van der Waals surface area contributed by atoms with Gasteiger partial charge in [0.2, 0.25) is 5.91 Å². The summed E-state index contributed by atoms with van der Waals surface area (Å²) in [6.45, 7) is 1.75. The molecule has 7 heteroatoms. The van der Waals surface area contributed by atoms with Crippen molar-refractivity contribution < 1.29 is 14.3 Å². The Labute approximate surface area is 133 Å². The van der Waals surface area contributed by atoms with Crippen molar-refractivity contribution in [3.8, 4) is 0 Å². The van der Waals surface area contributed by atoms with E-state index in [9.17, 15) is 9.59 Å². The summed E-state index contributed by atoms with van der Waals surface area (Å²) in [5.41, 5.74) is 6.60. The number of amides is 1. The van der Waals surface area contributed by atoms with Gasteiger partial charge < -0.3 is 15.5 Å². The predicted molar refractivity (Wildman–Crippen MR) is 83.3 cm³/mol. The lowest BCUT2D eigenvalue weighted by molar-refractivity contribution is -0.149. The van der Waals surface area contributed by atoms with Gasteiger partial charge in [-0.2, -0.15) is 0 Å². The van der Waals surface area contributed by atoms with Crippen molar-refractivity contribution >= 4 is 34.5 Å². The lowest BCUT2D eigenvalue weighted by Gasteiger charge is -2.10. The zero-order valence-corrected chi connectivity index (χ0v) is 13.0. The molecule has 0 saturated heterocycles. The number of primary amides is 1. The fourth-order valence-corrected chi connectivity index (χ4v) is 2.25. The number of carbonyl (C=O) groups is 2. The Hall–Kier alpha value is -2.08. The van der Waals surface area contributed by atoms with Gasteiger partial charge in [0.1, 0.15) is 5.82 Å². The third kappa shape index (κ3) is 4.46. The average molecular weight is 324 g/mol. The summed E-state index contributed by atoms with van der Waals surface area (Å²) < 4.78 is 5.32. The number of nitrogens with zero attached hydrogens (tertiary/aromatic N) is 1. The Morgan fingerprint density at radius 3 is 2.82 bits per heavy atom. The number of nitrogens with one attached hydrogen (secondary N) is 1. The van der Waals surface area contributed by atoms with Gasteiger partial charge in [0.05, 0.1) is 11.0 Å². The van der Waals surface area contributed by atoms with E-state index in [4.69, 9.17) is 22.1 Å². The van der Waals surface area contributed by atoms with Crippen LogP contribution in [0.25, 0.3) is 11.0 Å². The molecule has 1 heterocycles. The monoisotopic (exact) mass is 323 g/mol. The van der Waals surface area contributed by atoms with E-state index in [1.807, 2.05) is 0 Å². The van der Waals surface area contributed by atoms with Gasteiger partial charge in [-0.3, -0.25) is 9.59 Å². The van der Waals surface area contributed by atoms with Crippen molar-refractivity contribution in [1.82, 2.24) is 9.97 Å². The van der Waals surface area contributed by atoms with Gasteiger partial charge in [0, 0.05) is 17.9 Å². The van der Waals surface area contributed by atoms with E-state index >= 15 is 0 Å². The Bertz CT molecular complexity index is 684. The minimum atomic E-state index is -0.477. The van der Waals surface area contributed by atoms with E-state index in [-0.39, 0.29) is 24.7 Å². The number of halogens is 1. The van der Waals surface area contributed by atoms with Gasteiger partial charge in [-0.25, -0.2) is 4.98 Å². The Balaban J connectivity index is 1.88. The van der Waals surface area contributed by atoms with Crippen LogP contribution in [-0.4, -0.2) is 21.8 Å². The quantitative estimate of drug-likeness (QED) is 0.604. The normalized spacial score (nSPS) is 12.3. The molecule has 0 aliphatic rings. The van der Waals surface area contributed by atoms with Crippen LogP contribution in [0.15, 0.2) is 18.2 Å². The van der Waals surface area contributed by atoms with Gasteiger partial charge in [-0.15, -0.1) is 0 Å². The van der Waals surface area contributed by atoms with Crippen LogP contribution in [0.4, 0.5) is 0 Å². The molecule has 1 aromatic heterocycles. The molecule has 22 heavy (non-hydrogen) atoms. The molecule has 6 nitrogen and oxygen atoms in total. The maximum atomic E-state index is 11.7. The number of nitrogens with two attached hydrogens (primary N) is 1. The Kier molecular flexibility index (Phi) is 5.38. The number of ether oxygens (including phenoxy) is 1. The summed E-state index contributed by atoms with van der Waals surface area (Å²) in [4.78, 5) is 29.8. The first-order valence-electron chi connectivity index (χ1n) is 7.08. The lowest BCUT2D eigenvalue weighted by atomic mass is 10.2. The predicted octanol–water partition coefficient (Wildman–Crippen LogP) is 2.87. The number of unbranched alkanes of at least 4 members (excludes halogenated alkanes) is 1. The smallest absolute Gasteiger partial charge is 0.306 e. The van der Waals surface area contributed by atoms with Crippen LogP contribution in [0, 0.1) is 0 Å². The highest BCUT2D eigenvalue weighted by Gasteiger charge is 2.15. The molecule has 0 saturated carbocycles. The number of carbonyl (C=O) groups excluding carboxylic acids is 2. The van der Waals surface area contributed by atoms with Crippen LogP contribution in [-0.2, 0) is 14.3 Å². The van der Waals surface area contributed by atoms with Crippen molar-refractivity contribution in [3.63, 3.8) is 0 Å². The van der Waals surface area contributed by atoms with Crippen molar-refractivity contribution in [3.05, 3.63) is 29.0 Å². The fourth-order valence-electron chi connectivity index (χ4n) is 2.07. The molecule has 1 aromatic carbocycles. The van der Waals surface area contributed by atoms with Gasteiger partial charge in [-0.1, -0.05) is 11.6 Å². The second-order valence-electron chi connectivity index (χ2n) is 5.09. The molecule has 118 valence electrons. The van der Waals surface area contributed by atoms with Gasteiger partial charge in [-0.05, 0) is 38.0 Å². The second kappa shape index (κ2) is 7.26. The third-order valence-corrected chi connectivity index (χ3v) is 3.44. The molecule has 2 rings (SSSR count). The van der Waals surface area contributed by atoms with Crippen LogP contribution in [0.2, 0.25) is 5.02 Å². The molecule has 0 unspecified atom stereocenters. The fraction of sp³-hybridized carbons (Fsp3) is 0.400. The molecule has 0 fully saturated rings. The highest BCUT2D eigenvalue weighted by molar-refractivity contribution is 6.31. The van der Waals surface area contributed by atoms with Gasteiger partial charge in [0.15, 0.2) is 6.10 Å². The number of aromatic amines is 1. The van der Waals surface area contributed by atoms with Crippen molar-refractivity contribution in [1.29, 1.82) is 0 Å². The number of aromatic nitrogens is 2. The summed E-state index contributed by atoms with van der Waals surface area (Å²) in [5.74, 6) is -0.110. The number of imidazole rings is 1. The summed E-state index contributed by atoms with van der Waals surface area (Å²) in [6, 6.07) is 5.33. The number of benzene rings is 1. The van der Waals surface area contributed by atoms with Crippen LogP contribution in [0.3, 0.4) is 0 Å². The van der Waals surface area contributed by atoms with Crippen LogP contribution >= 0.6 is 11.6 Å². The van der Waals surface area contributed by atoms with E-state index < -0.39 is 6.10 Å². The zero-order chi connectivity index (χ0) is 16.1. The SMILES string of the molecule is C[C@H](OC(=O)CCCCC(N)=O)c1nc2ccc(Cl)cc2[nH]1. The number of hydrogen-bond acceptors (Lipinski definition) is 4. The minimum absolute atomic E-state index is 0.254. The standard InChI is InChI=1S/C15H18ClN3O3/c1-9(22-14(21)5-3-2-4-13(17)20)15-18-11-7-6-10(16)8-12(11)19-15/h6-9H,2-5H2,1H3,(H2,17,20)(H,18,19)/t9-/m0/s1. The third-order valence-electron chi connectivity index (χ3n) is 3.21. The van der Waals surface area contributed by atoms with E-state index in [0.717, 1.165) is 11.0 Å². The van der Waals surface area contributed by atoms with Crippen molar-refractivity contribution in [2.45, 2.75) is 38.7 Å². The average Bonchev–Trinajstić information content (AvgIpc) is 2.86. The number of rotatable bonds is 7. The Morgan fingerprint density at radius 1 is 1.36 bits per heavy atom. The van der Waals surface area contributed by atoms with E-state index in [1.165, 1.54) is 0 Å². The Morgan fingerprint density at radius 2 is 2.09 bits per heavy atom. The van der Waals surface area contributed by atoms with Gasteiger partial charge >= 0.3 is 5.97 Å². The molecule has 3 N–H and O–H groups in total. The molecular weight excluding hydrogens is 306 g/mol. The van der Waals surface area contributed by atoms with Crippen molar-refractivity contribution in [2.75, 3.05) is 0 Å². The van der Waals surface area contributed by atoms with Crippen LogP contribution in [0.1, 0.15) is 44.5 Å². The first-order valence-corrected chi connectivity index (χ1v) is 7.46. The first kappa shape index (κ1) is 16.3. The summed E-state index contributed by atoms with van der Waals surface area (Å²) >= 11 is 5.92. The zero-order valence-electron chi connectivity index (χ0n) is 12.3. The molecule has 0 aliphatic heterocycles. The summed E-state index contributed by atoms with van der Waals surface area (Å²) in [5, 5.41) is 0.613. The molecule has 2 aromatic rings. The van der Waals surface area contributed by atoms with Gasteiger partial charge in [0.25, 0.3) is 0 Å². The molecule has 1 amide bonds. The second-order valence-corrected chi connectivity index (χ2v) is 5.53. The maximum Gasteiger partial charge on any atom is 0.306 e. The molecular formula is C15H18ClN3O3. The number of H-pyrrole nitrogens is 1. The first-order chi connectivity index (χ1) is 10.5. The summed E-state index contributed by atoms with van der Waals surface area (Å²) in [6.07, 6.45) is 1.22. The van der Waals surface area contributed by atoms with E-state index in [0.29, 0.717) is 23.7 Å². The minimum Gasteiger partial charge on any atom is -0.454 e. The van der Waals surface area contributed by atoms with Crippen molar-refractivity contribution in [2.24, 2.45) is 5.73 Å². The number of esters is 1. The number of hydrogen-bond donors (Lipinski definition) is 2. The highest BCUT2D eigenvalue weighted by Crippen LogP contribution is 2.22. The number of fused-ring (bicyclic) bond motifs is 1. The molecule has 0 bridgehead atoms. The summed E-state index contributed by atoms with van der Waals surface area (Å²) in [7, 11) is 0. The molecule has 0 aliphatic carbocycles. The maximum absolute atomic E-state index is 11.7. The molecule has 0 spiro atoms. The topological polar surface area (TPSA) is 98.1 Å². The van der Waals surface area contributed by atoms with E-state index in [2.05, 4.69) is 9.97 Å². The van der Waals surface area contributed by atoms with E-state index in [1.54, 1.807) is 25.1 Å². The highest BCUT2D eigenvalue weighted by atomic mass is 35.5. The molecule has 0 radical (unpaired) electrons. The van der Waals surface area contributed by atoms with Crippen LogP contribution < -0.4 is 5.73 Å². The molecule has 1 atom stereocenters. The van der Waals surface area contributed by atoms with Crippen LogP contribution in [0.5, 0.6) is 0 Å².